The first kappa shape index (κ1) is 14.4. The number of rotatable bonds is 4. The predicted molar refractivity (Wildman–Crippen MR) is 77.7 cm³/mol. The third-order valence-electron chi connectivity index (χ3n) is 3.53. The van der Waals surface area contributed by atoms with Crippen molar-refractivity contribution >= 4 is 5.69 Å². The van der Waals surface area contributed by atoms with Crippen LogP contribution in [0.3, 0.4) is 0 Å². The Morgan fingerprint density at radius 2 is 2.05 bits per heavy atom. The van der Waals surface area contributed by atoms with E-state index in [-0.39, 0.29) is 11.9 Å². The Morgan fingerprint density at radius 3 is 2.60 bits per heavy atom. The minimum Gasteiger partial charge on any atom is -0.494 e. The summed E-state index contributed by atoms with van der Waals surface area (Å²) in [5.74, 6) is 0.185. The van der Waals surface area contributed by atoms with Gasteiger partial charge in [-0.3, -0.25) is 4.68 Å². The van der Waals surface area contributed by atoms with Crippen LogP contribution in [0.4, 0.5) is 10.1 Å². The van der Waals surface area contributed by atoms with Gasteiger partial charge in [-0.05, 0) is 32.9 Å². The van der Waals surface area contributed by atoms with Crippen molar-refractivity contribution in [2.24, 2.45) is 7.05 Å². The molecule has 5 heteroatoms. The number of hydrogen-bond donors (Lipinski definition) is 1. The molecule has 1 heterocycles. The highest BCUT2D eigenvalue weighted by molar-refractivity contribution is 5.57. The third-order valence-corrected chi connectivity index (χ3v) is 3.53. The van der Waals surface area contributed by atoms with Crippen LogP contribution >= 0.6 is 0 Å². The summed E-state index contributed by atoms with van der Waals surface area (Å²) >= 11 is 0. The highest BCUT2D eigenvalue weighted by atomic mass is 19.1. The van der Waals surface area contributed by atoms with Crippen LogP contribution in [0.25, 0.3) is 0 Å². The van der Waals surface area contributed by atoms with E-state index in [2.05, 4.69) is 17.3 Å². The molecule has 0 aliphatic carbocycles. The molecule has 2 aromatic rings. The second-order valence-electron chi connectivity index (χ2n) is 4.92. The van der Waals surface area contributed by atoms with Crippen LogP contribution in [-0.2, 0) is 7.05 Å². The van der Waals surface area contributed by atoms with Crippen LogP contribution in [0.15, 0.2) is 18.2 Å². The molecule has 0 bridgehead atoms. The van der Waals surface area contributed by atoms with Gasteiger partial charge in [-0.25, -0.2) is 4.39 Å². The van der Waals surface area contributed by atoms with Gasteiger partial charge in [0.05, 0.1) is 24.5 Å². The number of aromatic nitrogens is 2. The van der Waals surface area contributed by atoms with Crippen molar-refractivity contribution in [2.75, 3.05) is 12.4 Å². The molecular weight excluding hydrogens is 257 g/mol. The van der Waals surface area contributed by atoms with Gasteiger partial charge in [0.2, 0.25) is 0 Å². The van der Waals surface area contributed by atoms with Crippen LogP contribution < -0.4 is 10.1 Å². The van der Waals surface area contributed by atoms with Gasteiger partial charge in [0, 0.05) is 24.4 Å². The van der Waals surface area contributed by atoms with Crippen LogP contribution in [-0.4, -0.2) is 16.9 Å². The lowest BCUT2D eigenvalue weighted by Gasteiger charge is -2.18. The topological polar surface area (TPSA) is 39.1 Å². The van der Waals surface area contributed by atoms with Gasteiger partial charge in [-0.1, -0.05) is 0 Å². The number of aryl methyl sites for hydroxylation is 2. The van der Waals surface area contributed by atoms with Crippen molar-refractivity contribution in [3.05, 3.63) is 41.0 Å². The fourth-order valence-electron chi connectivity index (χ4n) is 2.51. The minimum atomic E-state index is -0.311. The lowest BCUT2D eigenvalue weighted by molar-refractivity contribution is 0.412. The van der Waals surface area contributed by atoms with Crippen LogP contribution in [0, 0.1) is 19.7 Å². The fourth-order valence-corrected chi connectivity index (χ4v) is 2.51. The molecule has 0 aliphatic rings. The van der Waals surface area contributed by atoms with Gasteiger partial charge >= 0.3 is 0 Å². The van der Waals surface area contributed by atoms with Crippen molar-refractivity contribution < 1.29 is 9.13 Å². The molecule has 20 heavy (non-hydrogen) atoms. The summed E-state index contributed by atoms with van der Waals surface area (Å²) in [6.07, 6.45) is 0. The summed E-state index contributed by atoms with van der Waals surface area (Å²) in [5, 5.41) is 7.77. The largest absolute Gasteiger partial charge is 0.494 e. The molecule has 0 saturated carbocycles. The molecule has 0 saturated heterocycles. The van der Waals surface area contributed by atoms with Crippen LogP contribution in [0.1, 0.15) is 29.9 Å². The first-order valence-corrected chi connectivity index (χ1v) is 6.54. The Balaban J connectivity index is 2.30. The maximum absolute atomic E-state index is 13.2. The van der Waals surface area contributed by atoms with Gasteiger partial charge in [0.1, 0.15) is 11.6 Å². The molecular formula is C15H20FN3O. The highest BCUT2D eigenvalue weighted by Crippen LogP contribution is 2.30. The van der Waals surface area contributed by atoms with Gasteiger partial charge in [-0.15, -0.1) is 0 Å². The normalized spacial score (nSPS) is 12.3. The van der Waals surface area contributed by atoms with E-state index in [0.717, 1.165) is 22.6 Å². The number of benzene rings is 1. The molecule has 1 N–H and O–H groups in total. The fraction of sp³-hybridized carbons (Fsp3) is 0.400. The summed E-state index contributed by atoms with van der Waals surface area (Å²) in [5.41, 5.74) is 4.03. The first-order valence-electron chi connectivity index (χ1n) is 6.54. The molecule has 0 radical (unpaired) electrons. The number of nitrogens with zero attached hydrogens (tertiary/aromatic N) is 2. The number of methoxy groups -OCH3 is 1. The average molecular weight is 277 g/mol. The summed E-state index contributed by atoms with van der Waals surface area (Å²) in [4.78, 5) is 0. The molecule has 0 fully saturated rings. The Kier molecular flexibility index (Phi) is 3.97. The Bertz CT molecular complexity index is 622. The molecule has 2 rings (SSSR count). The van der Waals surface area contributed by atoms with E-state index in [1.807, 2.05) is 25.6 Å². The number of anilines is 1. The lowest BCUT2D eigenvalue weighted by Crippen LogP contribution is -2.10. The summed E-state index contributed by atoms with van der Waals surface area (Å²) in [6.45, 7) is 6.08. The zero-order valence-electron chi connectivity index (χ0n) is 12.5. The Labute approximate surface area is 118 Å². The second kappa shape index (κ2) is 5.53. The van der Waals surface area contributed by atoms with E-state index < -0.39 is 0 Å². The Hall–Kier alpha value is -2.04. The summed E-state index contributed by atoms with van der Waals surface area (Å²) in [7, 11) is 3.46. The lowest BCUT2D eigenvalue weighted by atomic mass is 10.1. The molecule has 0 spiro atoms. The third kappa shape index (κ3) is 2.61. The van der Waals surface area contributed by atoms with E-state index >= 15 is 0 Å². The van der Waals surface area contributed by atoms with Crippen LogP contribution in [0.5, 0.6) is 5.75 Å². The van der Waals surface area contributed by atoms with Gasteiger partial charge < -0.3 is 10.1 Å². The number of halogens is 1. The van der Waals surface area contributed by atoms with Gasteiger partial charge in [0.25, 0.3) is 0 Å². The standard InChI is InChI=1S/C15H20FN3O/c1-9(15-10(2)18-19(4)11(15)3)17-13-7-6-12(16)8-14(13)20-5/h6-9,17H,1-5H3. The first-order chi connectivity index (χ1) is 9.43. The van der Waals surface area contributed by atoms with Crippen LogP contribution in [0.2, 0.25) is 0 Å². The summed E-state index contributed by atoms with van der Waals surface area (Å²) < 4.78 is 20.3. The van der Waals surface area contributed by atoms with Gasteiger partial charge in [0.15, 0.2) is 0 Å². The van der Waals surface area contributed by atoms with Gasteiger partial charge in [-0.2, -0.15) is 5.10 Å². The molecule has 1 aromatic carbocycles. The molecule has 108 valence electrons. The van der Waals surface area contributed by atoms with E-state index in [1.165, 1.54) is 19.2 Å². The van der Waals surface area contributed by atoms with Crippen molar-refractivity contribution in [3.63, 3.8) is 0 Å². The quantitative estimate of drug-likeness (QED) is 0.931. The zero-order valence-corrected chi connectivity index (χ0v) is 12.5. The predicted octanol–water partition coefficient (Wildman–Crippen LogP) is 3.36. The average Bonchev–Trinajstić information content (AvgIpc) is 2.65. The van der Waals surface area contributed by atoms with E-state index in [9.17, 15) is 4.39 Å². The highest BCUT2D eigenvalue weighted by Gasteiger charge is 2.17. The van der Waals surface area contributed by atoms with Crippen molar-refractivity contribution in [1.82, 2.24) is 9.78 Å². The minimum absolute atomic E-state index is 0.0584. The van der Waals surface area contributed by atoms with E-state index in [1.54, 1.807) is 6.07 Å². The van der Waals surface area contributed by atoms with Crippen molar-refractivity contribution in [3.8, 4) is 5.75 Å². The molecule has 1 aromatic heterocycles. The smallest absolute Gasteiger partial charge is 0.144 e. The summed E-state index contributed by atoms with van der Waals surface area (Å²) in [6, 6.07) is 4.53. The van der Waals surface area contributed by atoms with E-state index in [4.69, 9.17) is 4.74 Å². The monoisotopic (exact) mass is 277 g/mol. The molecule has 1 atom stereocenters. The molecule has 0 aliphatic heterocycles. The van der Waals surface area contributed by atoms with Crippen molar-refractivity contribution in [2.45, 2.75) is 26.8 Å². The van der Waals surface area contributed by atoms with Crippen molar-refractivity contribution in [1.29, 1.82) is 0 Å². The maximum atomic E-state index is 13.2. The maximum Gasteiger partial charge on any atom is 0.144 e. The molecule has 4 nitrogen and oxygen atoms in total. The SMILES string of the molecule is COc1cc(F)ccc1NC(C)c1c(C)nn(C)c1C. The zero-order chi connectivity index (χ0) is 14.9. The number of ether oxygens (including phenoxy) is 1. The molecule has 1 unspecified atom stereocenters. The second-order valence-corrected chi connectivity index (χ2v) is 4.92. The number of nitrogens with one attached hydrogen (secondary N) is 1. The molecule has 0 amide bonds. The number of hydrogen-bond acceptors (Lipinski definition) is 3. The van der Waals surface area contributed by atoms with E-state index in [0.29, 0.717) is 5.75 Å². The Morgan fingerprint density at radius 1 is 1.35 bits per heavy atom.